The Bertz CT molecular complexity index is 1100. The molecule has 4 rings (SSSR count). The number of carbonyl (C=O) groups excluding carboxylic acids is 2. The van der Waals surface area contributed by atoms with Gasteiger partial charge in [-0.3, -0.25) is 9.59 Å². The maximum absolute atomic E-state index is 12.8. The van der Waals surface area contributed by atoms with Gasteiger partial charge >= 0.3 is 0 Å². The molecule has 33 heavy (non-hydrogen) atoms. The van der Waals surface area contributed by atoms with Crippen LogP contribution in [0.25, 0.3) is 10.4 Å². The highest BCUT2D eigenvalue weighted by molar-refractivity contribution is 7.17. The van der Waals surface area contributed by atoms with Gasteiger partial charge in [-0.05, 0) is 43.2 Å². The van der Waals surface area contributed by atoms with Crippen LogP contribution >= 0.6 is 11.3 Å². The van der Waals surface area contributed by atoms with E-state index >= 15 is 0 Å². The molecule has 7 heteroatoms. The van der Waals surface area contributed by atoms with Crippen LogP contribution in [0.5, 0.6) is 5.75 Å². The summed E-state index contributed by atoms with van der Waals surface area (Å²) in [5.41, 5.74) is 2.60. The first-order valence-corrected chi connectivity index (χ1v) is 11.8. The number of carbonyl (C=O) groups is 2. The van der Waals surface area contributed by atoms with E-state index in [4.69, 9.17) is 9.47 Å². The van der Waals surface area contributed by atoms with E-state index in [1.807, 2.05) is 79.4 Å². The van der Waals surface area contributed by atoms with Gasteiger partial charge in [0.25, 0.3) is 11.8 Å². The van der Waals surface area contributed by atoms with Crippen molar-refractivity contribution in [3.8, 4) is 16.2 Å². The van der Waals surface area contributed by atoms with Gasteiger partial charge in [0, 0.05) is 30.1 Å². The Morgan fingerprint density at radius 2 is 1.73 bits per heavy atom. The number of benzene rings is 2. The molecule has 0 bridgehead atoms. The smallest absolute Gasteiger partial charge is 0.265 e. The van der Waals surface area contributed by atoms with Crippen molar-refractivity contribution >= 4 is 23.2 Å². The molecule has 0 saturated carbocycles. The first-order valence-electron chi connectivity index (χ1n) is 11.0. The Labute approximate surface area is 198 Å². The molecule has 2 unspecified atom stereocenters. The van der Waals surface area contributed by atoms with E-state index in [2.05, 4.69) is 5.32 Å². The third-order valence-corrected chi connectivity index (χ3v) is 6.71. The van der Waals surface area contributed by atoms with Crippen molar-refractivity contribution in [2.24, 2.45) is 0 Å². The molecule has 1 aromatic heterocycles. The minimum absolute atomic E-state index is 0.00403. The summed E-state index contributed by atoms with van der Waals surface area (Å²) in [4.78, 5) is 29.0. The van der Waals surface area contributed by atoms with Gasteiger partial charge in [-0.15, -0.1) is 11.3 Å². The third kappa shape index (κ3) is 5.43. The van der Waals surface area contributed by atoms with Crippen LogP contribution in [0, 0.1) is 0 Å². The van der Waals surface area contributed by atoms with Crippen molar-refractivity contribution < 1.29 is 19.1 Å². The number of amides is 2. The largest absolute Gasteiger partial charge is 0.495 e. The number of nitrogens with zero attached hydrogens (tertiary/aromatic N) is 1. The molecule has 1 saturated heterocycles. The first kappa shape index (κ1) is 23.0. The molecule has 1 aliphatic heterocycles. The lowest BCUT2D eigenvalue weighted by Gasteiger charge is -2.35. The summed E-state index contributed by atoms with van der Waals surface area (Å²) in [6, 6.07) is 19.2. The summed E-state index contributed by atoms with van der Waals surface area (Å²) < 4.78 is 11.1. The van der Waals surface area contributed by atoms with Gasteiger partial charge in [0.05, 0.1) is 19.3 Å². The summed E-state index contributed by atoms with van der Waals surface area (Å²) in [5, 5.41) is 2.96. The monoisotopic (exact) mass is 464 g/mol. The molecule has 2 atom stereocenters. The molecule has 172 valence electrons. The van der Waals surface area contributed by atoms with Crippen molar-refractivity contribution in [1.82, 2.24) is 10.2 Å². The highest BCUT2D eigenvalue weighted by Crippen LogP contribution is 2.36. The Hall–Kier alpha value is -3.16. The molecule has 0 aliphatic carbocycles. The van der Waals surface area contributed by atoms with Crippen LogP contribution in [0.15, 0.2) is 60.7 Å². The SMILES string of the molecule is COc1cc(-c2ccccc2)sc1C(=O)NCc1ccc(C(=O)N2CC(C)OC(C)C2)cc1. The fourth-order valence-corrected chi connectivity index (χ4v) is 5.03. The maximum Gasteiger partial charge on any atom is 0.265 e. The van der Waals surface area contributed by atoms with Gasteiger partial charge in [0.2, 0.25) is 0 Å². The topological polar surface area (TPSA) is 67.9 Å². The van der Waals surface area contributed by atoms with Crippen LogP contribution in [0.3, 0.4) is 0 Å². The van der Waals surface area contributed by atoms with E-state index in [0.717, 1.165) is 16.0 Å². The number of rotatable bonds is 6. The predicted molar refractivity (Wildman–Crippen MR) is 130 cm³/mol. The molecule has 2 amide bonds. The molecule has 2 aromatic carbocycles. The highest BCUT2D eigenvalue weighted by Gasteiger charge is 2.26. The second kappa shape index (κ2) is 10.2. The summed E-state index contributed by atoms with van der Waals surface area (Å²) in [5.74, 6) is 0.381. The van der Waals surface area contributed by atoms with E-state index < -0.39 is 0 Å². The van der Waals surface area contributed by atoms with Crippen molar-refractivity contribution in [3.63, 3.8) is 0 Å². The number of hydrogen-bond donors (Lipinski definition) is 1. The number of morpholine rings is 1. The lowest BCUT2D eigenvalue weighted by Crippen LogP contribution is -2.48. The van der Waals surface area contributed by atoms with Crippen LogP contribution < -0.4 is 10.1 Å². The van der Waals surface area contributed by atoms with Crippen LogP contribution in [-0.4, -0.2) is 49.1 Å². The Balaban J connectivity index is 1.39. The summed E-state index contributed by atoms with van der Waals surface area (Å²) >= 11 is 1.41. The van der Waals surface area contributed by atoms with E-state index in [9.17, 15) is 9.59 Å². The molecule has 3 aromatic rings. The van der Waals surface area contributed by atoms with Gasteiger partial charge in [-0.1, -0.05) is 42.5 Å². The zero-order valence-corrected chi connectivity index (χ0v) is 19.9. The quantitative estimate of drug-likeness (QED) is 0.579. The van der Waals surface area contributed by atoms with Gasteiger partial charge < -0.3 is 19.7 Å². The fourth-order valence-electron chi connectivity index (χ4n) is 3.98. The molecule has 1 aliphatic rings. The van der Waals surface area contributed by atoms with E-state index in [-0.39, 0.29) is 24.0 Å². The average molecular weight is 465 g/mol. The lowest BCUT2D eigenvalue weighted by molar-refractivity contribution is -0.0586. The average Bonchev–Trinajstić information content (AvgIpc) is 3.27. The fraction of sp³-hybridized carbons (Fsp3) is 0.308. The third-order valence-electron chi connectivity index (χ3n) is 5.54. The van der Waals surface area contributed by atoms with Gasteiger partial charge in [-0.2, -0.15) is 0 Å². The van der Waals surface area contributed by atoms with Gasteiger partial charge in [0.15, 0.2) is 0 Å². The summed E-state index contributed by atoms with van der Waals surface area (Å²) in [6.07, 6.45) is 0.0627. The van der Waals surface area contributed by atoms with Crippen molar-refractivity contribution in [2.75, 3.05) is 20.2 Å². The molecule has 0 radical (unpaired) electrons. The van der Waals surface area contributed by atoms with Crippen molar-refractivity contribution in [3.05, 3.63) is 76.7 Å². The maximum atomic E-state index is 12.8. The Morgan fingerprint density at radius 1 is 1.06 bits per heavy atom. The first-order chi connectivity index (χ1) is 15.9. The number of thiophene rings is 1. The Kier molecular flexibility index (Phi) is 7.11. The normalized spacial score (nSPS) is 18.1. The molecule has 1 fully saturated rings. The zero-order valence-electron chi connectivity index (χ0n) is 19.0. The molecular weight excluding hydrogens is 436 g/mol. The van der Waals surface area contributed by atoms with Gasteiger partial charge in [0.1, 0.15) is 10.6 Å². The molecule has 2 heterocycles. The number of methoxy groups -OCH3 is 1. The minimum atomic E-state index is -0.185. The van der Waals surface area contributed by atoms with E-state index in [1.54, 1.807) is 7.11 Å². The molecular formula is C26H28N2O4S. The molecule has 6 nitrogen and oxygen atoms in total. The second-order valence-electron chi connectivity index (χ2n) is 8.22. The summed E-state index contributed by atoms with van der Waals surface area (Å²) in [6.45, 7) is 5.50. The van der Waals surface area contributed by atoms with Gasteiger partial charge in [-0.25, -0.2) is 0 Å². The standard InChI is InChI=1S/C26H28N2O4S/c1-17-15-28(16-18(2)32-17)26(30)21-11-9-19(10-12-21)14-27-25(29)24-22(31-3)13-23(33-24)20-7-5-4-6-8-20/h4-13,17-18H,14-16H2,1-3H3,(H,27,29). The number of hydrogen-bond acceptors (Lipinski definition) is 5. The van der Waals surface area contributed by atoms with Crippen molar-refractivity contribution in [2.45, 2.75) is 32.6 Å². The lowest BCUT2D eigenvalue weighted by atomic mass is 10.1. The zero-order chi connectivity index (χ0) is 23.4. The summed E-state index contributed by atoms with van der Waals surface area (Å²) in [7, 11) is 1.57. The van der Waals surface area contributed by atoms with Crippen LogP contribution in [0.2, 0.25) is 0 Å². The van der Waals surface area contributed by atoms with Crippen LogP contribution in [0.1, 0.15) is 39.4 Å². The Morgan fingerprint density at radius 3 is 2.36 bits per heavy atom. The minimum Gasteiger partial charge on any atom is -0.495 e. The number of ether oxygens (including phenoxy) is 2. The highest BCUT2D eigenvalue weighted by atomic mass is 32.1. The van der Waals surface area contributed by atoms with Crippen molar-refractivity contribution in [1.29, 1.82) is 0 Å². The van der Waals surface area contributed by atoms with Crippen LogP contribution in [0.4, 0.5) is 0 Å². The van der Waals surface area contributed by atoms with E-state index in [1.165, 1.54) is 11.3 Å². The van der Waals surface area contributed by atoms with Crippen LogP contribution in [-0.2, 0) is 11.3 Å². The predicted octanol–water partition coefficient (Wildman–Crippen LogP) is 4.60. The second-order valence-corrected chi connectivity index (χ2v) is 9.27. The molecule has 0 spiro atoms. The number of nitrogens with one attached hydrogen (secondary N) is 1. The molecule has 1 N–H and O–H groups in total. The van der Waals surface area contributed by atoms with E-state index in [0.29, 0.717) is 35.8 Å².